The Morgan fingerprint density at radius 3 is 2.71 bits per heavy atom. The standard InChI is InChI=1S/C6H13O/c1-3-4-5-6-7-2/h5H,3-4,6H2,1-2H3. The van der Waals surface area contributed by atoms with Gasteiger partial charge in [-0.05, 0) is 12.8 Å². The molecule has 0 N–H and O–H groups in total. The largest absolute Gasteiger partial charge is 0.384 e. The van der Waals surface area contributed by atoms with Gasteiger partial charge in [0, 0.05) is 13.7 Å². The Balaban J connectivity index is 2.45. The van der Waals surface area contributed by atoms with Crippen molar-refractivity contribution >= 4 is 0 Å². The topological polar surface area (TPSA) is 9.23 Å². The number of rotatable bonds is 4. The van der Waals surface area contributed by atoms with Gasteiger partial charge in [0.25, 0.3) is 0 Å². The number of methoxy groups -OCH3 is 1. The molecule has 0 aromatic heterocycles. The normalized spacial score (nSPS) is 9.43. The van der Waals surface area contributed by atoms with Gasteiger partial charge in [-0.15, -0.1) is 0 Å². The minimum absolute atomic E-state index is 0.799. The highest BCUT2D eigenvalue weighted by molar-refractivity contribution is 4.59. The minimum Gasteiger partial charge on any atom is -0.384 e. The fourth-order valence-electron chi connectivity index (χ4n) is 0.405. The molecule has 0 fully saturated rings. The summed E-state index contributed by atoms with van der Waals surface area (Å²) in [5.41, 5.74) is 0. The molecule has 0 aromatic carbocycles. The summed E-state index contributed by atoms with van der Waals surface area (Å²) in [7, 11) is 1.71. The van der Waals surface area contributed by atoms with Gasteiger partial charge < -0.3 is 4.74 Å². The molecule has 0 amide bonds. The van der Waals surface area contributed by atoms with Crippen LogP contribution in [0.15, 0.2) is 0 Å². The molecule has 0 aliphatic carbocycles. The Hall–Kier alpha value is -0.0400. The van der Waals surface area contributed by atoms with Crippen molar-refractivity contribution < 1.29 is 4.74 Å². The van der Waals surface area contributed by atoms with Gasteiger partial charge in [-0.2, -0.15) is 0 Å². The average molecular weight is 101 g/mol. The van der Waals surface area contributed by atoms with E-state index in [-0.39, 0.29) is 0 Å². The molecular weight excluding hydrogens is 88.1 g/mol. The molecule has 1 radical (unpaired) electrons. The molecule has 1 heteroatoms. The third kappa shape index (κ3) is 5.96. The van der Waals surface area contributed by atoms with E-state index in [1.807, 2.05) is 0 Å². The molecule has 0 saturated carbocycles. The van der Waals surface area contributed by atoms with Crippen molar-refractivity contribution in [2.45, 2.75) is 19.8 Å². The Morgan fingerprint density at radius 1 is 1.57 bits per heavy atom. The lowest BCUT2D eigenvalue weighted by atomic mass is 10.3. The van der Waals surface area contributed by atoms with Crippen LogP contribution >= 0.6 is 0 Å². The summed E-state index contributed by atoms with van der Waals surface area (Å²) in [4.78, 5) is 0. The van der Waals surface area contributed by atoms with Gasteiger partial charge in [0.1, 0.15) is 0 Å². The summed E-state index contributed by atoms with van der Waals surface area (Å²) >= 11 is 0. The lowest BCUT2D eigenvalue weighted by Gasteiger charge is -1.92. The lowest BCUT2D eigenvalue weighted by molar-refractivity contribution is 0.220. The zero-order valence-electron chi connectivity index (χ0n) is 5.11. The molecule has 7 heavy (non-hydrogen) atoms. The second kappa shape index (κ2) is 5.96. The van der Waals surface area contributed by atoms with Crippen molar-refractivity contribution in [1.29, 1.82) is 0 Å². The molecule has 43 valence electrons. The Bertz CT molecular complexity index is 23.4. The van der Waals surface area contributed by atoms with Crippen LogP contribution in [-0.2, 0) is 4.74 Å². The molecule has 0 aliphatic heterocycles. The first-order valence-electron chi connectivity index (χ1n) is 2.72. The first-order valence-corrected chi connectivity index (χ1v) is 2.72. The summed E-state index contributed by atoms with van der Waals surface area (Å²) in [6.45, 7) is 2.96. The maximum absolute atomic E-state index is 4.79. The lowest BCUT2D eigenvalue weighted by Crippen LogP contribution is -1.87. The predicted octanol–water partition coefficient (Wildman–Crippen LogP) is 1.64. The van der Waals surface area contributed by atoms with Crippen molar-refractivity contribution in [2.24, 2.45) is 0 Å². The Labute approximate surface area is 45.7 Å². The van der Waals surface area contributed by atoms with Crippen molar-refractivity contribution in [1.82, 2.24) is 0 Å². The minimum atomic E-state index is 0.799. The second-order valence-electron chi connectivity index (χ2n) is 1.53. The van der Waals surface area contributed by atoms with E-state index in [4.69, 9.17) is 4.74 Å². The molecule has 1 nitrogen and oxygen atoms in total. The molecular formula is C6H13O. The monoisotopic (exact) mass is 101 g/mol. The first kappa shape index (κ1) is 6.96. The number of hydrogen-bond donors (Lipinski definition) is 0. The molecule has 0 unspecified atom stereocenters. The highest BCUT2D eigenvalue weighted by Gasteiger charge is 1.80. The summed E-state index contributed by atoms with van der Waals surface area (Å²) in [6, 6.07) is 0. The molecule has 0 atom stereocenters. The quantitative estimate of drug-likeness (QED) is 0.489. The van der Waals surface area contributed by atoms with Crippen LogP contribution in [0.25, 0.3) is 0 Å². The fourth-order valence-corrected chi connectivity index (χ4v) is 0.405. The second-order valence-corrected chi connectivity index (χ2v) is 1.53. The Morgan fingerprint density at radius 2 is 2.29 bits per heavy atom. The van der Waals surface area contributed by atoms with Crippen LogP contribution in [0.2, 0.25) is 0 Å². The van der Waals surface area contributed by atoms with Gasteiger partial charge in [-0.25, -0.2) is 0 Å². The third-order valence-corrected chi connectivity index (χ3v) is 0.777. The van der Waals surface area contributed by atoms with Crippen LogP contribution in [0, 0.1) is 6.42 Å². The van der Waals surface area contributed by atoms with Crippen molar-refractivity contribution in [2.75, 3.05) is 13.7 Å². The first-order chi connectivity index (χ1) is 3.41. The maximum Gasteiger partial charge on any atom is 0.0493 e. The summed E-state index contributed by atoms with van der Waals surface area (Å²) in [5.74, 6) is 0. The summed E-state index contributed by atoms with van der Waals surface area (Å²) in [6.07, 6.45) is 4.54. The summed E-state index contributed by atoms with van der Waals surface area (Å²) in [5, 5.41) is 0. The molecule has 0 aliphatic rings. The van der Waals surface area contributed by atoms with Crippen LogP contribution in [0.5, 0.6) is 0 Å². The van der Waals surface area contributed by atoms with E-state index < -0.39 is 0 Å². The average Bonchev–Trinajstić information content (AvgIpc) is 1.69. The number of hydrogen-bond acceptors (Lipinski definition) is 1. The van der Waals surface area contributed by atoms with E-state index in [0.29, 0.717) is 0 Å². The van der Waals surface area contributed by atoms with E-state index in [2.05, 4.69) is 13.3 Å². The van der Waals surface area contributed by atoms with Gasteiger partial charge in [-0.1, -0.05) is 13.3 Å². The highest BCUT2D eigenvalue weighted by atomic mass is 16.5. The van der Waals surface area contributed by atoms with Crippen LogP contribution in [-0.4, -0.2) is 13.7 Å². The van der Waals surface area contributed by atoms with Crippen LogP contribution in [0.1, 0.15) is 19.8 Å². The van der Waals surface area contributed by atoms with E-state index >= 15 is 0 Å². The molecule has 0 bridgehead atoms. The fraction of sp³-hybridized carbons (Fsp3) is 0.833. The van der Waals surface area contributed by atoms with E-state index in [1.54, 1.807) is 7.11 Å². The molecule has 0 heterocycles. The van der Waals surface area contributed by atoms with E-state index in [1.165, 1.54) is 12.8 Å². The predicted molar refractivity (Wildman–Crippen MR) is 31.1 cm³/mol. The van der Waals surface area contributed by atoms with Crippen molar-refractivity contribution in [3.63, 3.8) is 0 Å². The van der Waals surface area contributed by atoms with Crippen molar-refractivity contribution in [3.05, 3.63) is 6.42 Å². The SMILES string of the molecule is CCC[CH]COC. The third-order valence-electron chi connectivity index (χ3n) is 0.777. The number of ether oxygens (including phenoxy) is 1. The maximum atomic E-state index is 4.79. The highest BCUT2D eigenvalue weighted by Crippen LogP contribution is 1.90. The van der Waals surface area contributed by atoms with Crippen LogP contribution < -0.4 is 0 Å². The molecule has 0 aromatic rings. The molecule has 0 saturated heterocycles. The van der Waals surface area contributed by atoms with E-state index in [0.717, 1.165) is 6.61 Å². The molecule has 0 rings (SSSR count). The molecule has 0 spiro atoms. The van der Waals surface area contributed by atoms with Crippen LogP contribution in [0.3, 0.4) is 0 Å². The smallest absolute Gasteiger partial charge is 0.0493 e. The van der Waals surface area contributed by atoms with Gasteiger partial charge in [0.15, 0.2) is 0 Å². The van der Waals surface area contributed by atoms with Gasteiger partial charge in [0.05, 0.1) is 0 Å². The van der Waals surface area contributed by atoms with Gasteiger partial charge in [0.2, 0.25) is 0 Å². The van der Waals surface area contributed by atoms with Crippen LogP contribution in [0.4, 0.5) is 0 Å². The van der Waals surface area contributed by atoms with Gasteiger partial charge >= 0.3 is 0 Å². The zero-order chi connectivity index (χ0) is 5.54. The summed E-state index contributed by atoms with van der Waals surface area (Å²) < 4.78 is 4.79. The number of unbranched alkanes of at least 4 members (excludes halogenated alkanes) is 2. The van der Waals surface area contributed by atoms with E-state index in [9.17, 15) is 0 Å². The Kier molecular flexibility index (Phi) is 5.93. The van der Waals surface area contributed by atoms with Gasteiger partial charge in [-0.3, -0.25) is 0 Å². The van der Waals surface area contributed by atoms with Crippen molar-refractivity contribution in [3.8, 4) is 0 Å². The zero-order valence-corrected chi connectivity index (χ0v) is 5.11.